The van der Waals surface area contributed by atoms with Gasteiger partial charge in [0.2, 0.25) is 0 Å². The Morgan fingerprint density at radius 1 is 1.45 bits per heavy atom. The van der Waals surface area contributed by atoms with Crippen molar-refractivity contribution in [1.82, 2.24) is 0 Å². The lowest BCUT2D eigenvalue weighted by atomic mass is 10.3. The Hall–Kier alpha value is 0.910. The molecule has 2 N–H and O–H groups in total. The first kappa shape index (κ1) is 11.9. The lowest BCUT2D eigenvalue weighted by Crippen LogP contribution is -1.92. The van der Waals surface area contributed by atoms with Crippen LogP contribution in [0, 0.1) is 6.92 Å². The highest BCUT2D eigenvalue weighted by atomic mass is 79.9. The van der Waals surface area contributed by atoms with Crippen LogP contribution in [0.1, 0.15) is 10.4 Å². The average Bonchev–Trinajstić information content (AvgIpc) is 2.17. The van der Waals surface area contributed by atoms with Crippen molar-refractivity contribution < 1.29 is 0 Å². The van der Waals surface area contributed by atoms with Gasteiger partial charge in [0.25, 0.3) is 0 Å². The van der Waals surface area contributed by atoms with E-state index in [4.69, 9.17) is 5.73 Å². The number of thiophene rings is 1. The molecule has 0 fully saturated rings. The quantitative estimate of drug-likeness (QED) is 0.842. The van der Waals surface area contributed by atoms with E-state index in [1.165, 1.54) is 14.2 Å². The third-order valence-electron chi connectivity index (χ3n) is 1.27. The number of hydrogen-bond donors (Lipinski definition) is 1. The Morgan fingerprint density at radius 2 is 2.00 bits per heavy atom. The van der Waals surface area contributed by atoms with Gasteiger partial charge in [0.1, 0.15) is 0 Å². The second kappa shape index (κ2) is 4.82. The van der Waals surface area contributed by atoms with E-state index in [9.17, 15) is 0 Å². The molecular weight excluding hydrogens is 313 g/mol. The first-order valence-corrected chi connectivity index (χ1v) is 5.20. The summed E-state index contributed by atoms with van der Waals surface area (Å²) in [4.78, 5) is 1.20. The molecule has 1 aromatic heterocycles. The Morgan fingerprint density at radius 3 is 2.18 bits per heavy atom. The van der Waals surface area contributed by atoms with Crippen molar-refractivity contribution >= 4 is 55.6 Å². The van der Waals surface area contributed by atoms with Crippen LogP contribution in [0.25, 0.3) is 0 Å². The van der Waals surface area contributed by atoms with E-state index in [0.29, 0.717) is 6.54 Å². The van der Waals surface area contributed by atoms with Crippen molar-refractivity contribution in [3.63, 3.8) is 0 Å². The van der Waals surface area contributed by atoms with Crippen molar-refractivity contribution in [2.75, 3.05) is 0 Å². The van der Waals surface area contributed by atoms with Gasteiger partial charge in [-0.25, -0.2) is 0 Å². The fraction of sp³-hybridized carbons (Fsp3) is 0.333. The minimum Gasteiger partial charge on any atom is -0.326 e. The summed E-state index contributed by atoms with van der Waals surface area (Å²) >= 11 is 8.59. The average molecular weight is 321 g/mol. The minimum absolute atomic E-state index is 0. The molecule has 1 rings (SSSR count). The third kappa shape index (κ3) is 2.42. The van der Waals surface area contributed by atoms with E-state index in [2.05, 4.69) is 38.8 Å². The zero-order chi connectivity index (χ0) is 7.72. The molecule has 0 radical (unpaired) electrons. The molecule has 0 saturated heterocycles. The van der Waals surface area contributed by atoms with Gasteiger partial charge in [-0.05, 0) is 44.3 Å². The molecule has 1 heterocycles. The summed E-state index contributed by atoms with van der Waals surface area (Å²) in [5.74, 6) is 0. The minimum atomic E-state index is 0. The van der Waals surface area contributed by atoms with Gasteiger partial charge in [-0.2, -0.15) is 0 Å². The van der Waals surface area contributed by atoms with Crippen LogP contribution in [0.4, 0.5) is 0 Å². The number of nitrogens with two attached hydrogens (primary N) is 1. The van der Waals surface area contributed by atoms with Crippen molar-refractivity contribution in [2.24, 2.45) is 5.73 Å². The summed E-state index contributed by atoms with van der Waals surface area (Å²) in [6, 6.07) is 0. The molecule has 11 heavy (non-hydrogen) atoms. The van der Waals surface area contributed by atoms with Gasteiger partial charge in [-0.3, -0.25) is 0 Å². The molecule has 0 spiro atoms. The maximum absolute atomic E-state index is 5.49. The van der Waals surface area contributed by atoms with Crippen LogP contribution >= 0.6 is 55.6 Å². The molecule has 5 heteroatoms. The molecule has 0 amide bonds. The zero-order valence-corrected chi connectivity index (χ0v) is 10.7. The van der Waals surface area contributed by atoms with Crippen LogP contribution in [-0.2, 0) is 6.54 Å². The van der Waals surface area contributed by atoms with E-state index in [1.807, 2.05) is 0 Å². The monoisotopic (exact) mass is 319 g/mol. The first-order valence-electron chi connectivity index (χ1n) is 2.80. The second-order valence-electron chi connectivity index (χ2n) is 1.94. The molecule has 0 aromatic carbocycles. The maximum Gasteiger partial charge on any atom is 0.0742 e. The number of rotatable bonds is 1. The van der Waals surface area contributed by atoms with Gasteiger partial charge < -0.3 is 5.73 Å². The molecule has 0 unspecified atom stereocenters. The Labute approximate surface area is 93.0 Å². The molecule has 0 bridgehead atoms. The van der Waals surface area contributed by atoms with Crippen LogP contribution in [-0.4, -0.2) is 0 Å². The van der Waals surface area contributed by atoms with Crippen molar-refractivity contribution in [2.45, 2.75) is 13.5 Å². The topological polar surface area (TPSA) is 26.0 Å². The Bertz CT molecular complexity index is 249. The summed E-state index contributed by atoms with van der Waals surface area (Å²) in [5, 5.41) is 0. The van der Waals surface area contributed by atoms with Crippen molar-refractivity contribution in [3.05, 3.63) is 18.7 Å². The predicted octanol–water partition coefficient (Wildman–Crippen LogP) is 3.46. The molecule has 0 aliphatic carbocycles. The maximum atomic E-state index is 5.49. The second-order valence-corrected chi connectivity index (χ2v) is 5.16. The molecule has 0 saturated carbocycles. The molecule has 64 valence electrons. The summed E-state index contributed by atoms with van der Waals surface area (Å²) < 4.78 is 2.31. The standard InChI is InChI=1S/C6H7Br2NS.ClH/c1-3-5(7)4(2-9)10-6(3)8;/h2,9H2,1H3;1H. The SMILES string of the molecule is Cc1c(Br)sc(CN)c1Br.Cl. The normalized spacial score (nSPS) is 9.45. The highest BCUT2D eigenvalue weighted by Crippen LogP contribution is 2.35. The van der Waals surface area contributed by atoms with Crippen LogP contribution in [0.5, 0.6) is 0 Å². The van der Waals surface area contributed by atoms with Crippen molar-refractivity contribution in [1.29, 1.82) is 0 Å². The zero-order valence-electron chi connectivity index (χ0n) is 5.86. The smallest absolute Gasteiger partial charge is 0.0742 e. The first-order chi connectivity index (χ1) is 4.66. The van der Waals surface area contributed by atoms with E-state index in [1.54, 1.807) is 11.3 Å². The van der Waals surface area contributed by atoms with Crippen LogP contribution in [0.15, 0.2) is 8.26 Å². The molecule has 1 nitrogen and oxygen atoms in total. The molecule has 1 aromatic rings. The van der Waals surface area contributed by atoms with Crippen LogP contribution in [0.2, 0.25) is 0 Å². The van der Waals surface area contributed by atoms with Crippen LogP contribution < -0.4 is 5.73 Å². The molecule has 0 aliphatic rings. The largest absolute Gasteiger partial charge is 0.326 e. The van der Waals surface area contributed by atoms with E-state index in [-0.39, 0.29) is 12.4 Å². The van der Waals surface area contributed by atoms with Gasteiger partial charge >= 0.3 is 0 Å². The molecule has 0 atom stereocenters. The Kier molecular flexibility index (Phi) is 5.22. The Balaban J connectivity index is 0.000001000. The van der Waals surface area contributed by atoms with Gasteiger partial charge in [0.15, 0.2) is 0 Å². The van der Waals surface area contributed by atoms with Gasteiger partial charge in [-0.1, -0.05) is 0 Å². The number of hydrogen-bond acceptors (Lipinski definition) is 2. The summed E-state index contributed by atoms with van der Waals surface area (Å²) in [6.45, 7) is 2.67. The highest BCUT2D eigenvalue weighted by Gasteiger charge is 2.08. The summed E-state index contributed by atoms with van der Waals surface area (Å²) in [6.07, 6.45) is 0. The summed E-state index contributed by atoms with van der Waals surface area (Å²) in [5.41, 5.74) is 6.73. The highest BCUT2D eigenvalue weighted by molar-refractivity contribution is 9.11. The van der Waals surface area contributed by atoms with Crippen molar-refractivity contribution in [3.8, 4) is 0 Å². The molecular formula is C6H8Br2ClNS. The van der Waals surface area contributed by atoms with Gasteiger partial charge in [-0.15, -0.1) is 23.7 Å². The van der Waals surface area contributed by atoms with Gasteiger partial charge in [0, 0.05) is 15.9 Å². The fourth-order valence-electron chi connectivity index (χ4n) is 0.656. The lowest BCUT2D eigenvalue weighted by molar-refractivity contribution is 1.10. The predicted molar refractivity (Wildman–Crippen MR) is 59.6 cm³/mol. The van der Waals surface area contributed by atoms with Crippen LogP contribution in [0.3, 0.4) is 0 Å². The third-order valence-corrected chi connectivity index (χ3v) is 4.79. The van der Waals surface area contributed by atoms with Gasteiger partial charge in [0.05, 0.1) is 3.79 Å². The van der Waals surface area contributed by atoms with E-state index >= 15 is 0 Å². The lowest BCUT2D eigenvalue weighted by Gasteiger charge is -1.89. The van der Waals surface area contributed by atoms with E-state index < -0.39 is 0 Å². The summed E-state index contributed by atoms with van der Waals surface area (Å²) in [7, 11) is 0. The molecule has 0 aliphatic heterocycles. The fourth-order valence-corrected chi connectivity index (χ4v) is 3.24. The number of halogens is 3. The van der Waals surface area contributed by atoms with E-state index in [0.717, 1.165) is 4.47 Å².